The fourth-order valence-corrected chi connectivity index (χ4v) is 2.12. The number of benzene rings is 2. The summed E-state index contributed by atoms with van der Waals surface area (Å²) in [5, 5.41) is 12.0. The Balaban J connectivity index is 2.48. The number of carboxylic acid groups (broad SMARTS) is 1. The van der Waals surface area contributed by atoms with Crippen LogP contribution < -0.4 is 14.6 Å². The molecule has 0 fully saturated rings. The van der Waals surface area contributed by atoms with Gasteiger partial charge in [-0.05, 0) is 41.5 Å². The molecule has 0 atom stereocenters. The maximum atomic E-state index is 11.4. The van der Waals surface area contributed by atoms with Crippen LogP contribution >= 0.6 is 11.6 Å². The van der Waals surface area contributed by atoms with Crippen molar-refractivity contribution in [3.63, 3.8) is 0 Å². The molecule has 0 bridgehead atoms. The topological polar surface area (TPSA) is 58.6 Å². The summed E-state index contributed by atoms with van der Waals surface area (Å²) >= 11 is 5.82. The first-order chi connectivity index (χ1) is 10.5. The van der Waals surface area contributed by atoms with Gasteiger partial charge in [-0.15, -0.1) is 0 Å². The van der Waals surface area contributed by atoms with Crippen LogP contribution in [0.4, 0.5) is 0 Å². The Morgan fingerprint density at radius 2 is 1.68 bits per heavy atom. The second kappa shape index (κ2) is 7.00. The molecule has 0 unspecified atom stereocenters. The molecule has 0 saturated carbocycles. The van der Waals surface area contributed by atoms with E-state index in [9.17, 15) is 9.90 Å². The summed E-state index contributed by atoms with van der Waals surface area (Å²) in [5.41, 5.74) is 1.22. The van der Waals surface area contributed by atoms with Crippen molar-refractivity contribution in [1.82, 2.24) is 0 Å². The number of aliphatic carboxylic acids is 1. The second-order valence-electron chi connectivity index (χ2n) is 4.47. The van der Waals surface area contributed by atoms with Crippen molar-refractivity contribution in [2.45, 2.75) is 0 Å². The van der Waals surface area contributed by atoms with Crippen LogP contribution in [0, 0.1) is 0 Å². The summed E-state index contributed by atoms with van der Waals surface area (Å²) in [6.07, 6.45) is 1.52. The lowest BCUT2D eigenvalue weighted by molar-refractivity contribution is -0.295. The minimum absolute atomic E-state index is 0.0447. The molecule has 5 heteroatoms. The van der Waals surface area contributed by atoms with Crippen molar-refractivity contribution in [1.29, 1.82) is 0 Å². The molecule has 0 radical (unpaired) electrons. The Labute approximate surface area is 133 Å². The van der Waals surface area contributed by atoms with Crippen molar-refractivity contribution in [3.05, 3.63) is 58.6 Å². The van der Waals surface area contributed by atoms with Gasteiger partial charge in [0.2, 0.25) is 0 Å². The zero-order chi connectivity index (χ0) is 16.1. The molecular weight excluding hydrogens is 304 g/mol. The number of rotatable bonds is 5. The maximum absolute atomic E-state index is 11.4. The van der Waals surface area contributed by atoms with Crippen molar-refractivity contribution < 1.29 is 19.4 Å². The Morgan fingerprint density at radius 3 is 2.23 bits per heavy atom. The Hall–Kier alpha value is -2.46. The van der Waals surface area contributed by atoms with Gasteiger partial charge in [0.25, 0.3) is 0 Å². The van der Waals surface area contributed by atoms with Crippen molar-refractivity contribution in [2.24, 2.45) is 0 Å². The molecule has 0 aliphatic heterocycles. The molecule has 114 valence electrons. The van der Waals surface area contributed by atoms with E-state index in [-0.39, 0.29) is 5.57 Å². The first kappa shape index (κ1) is 15.9. The minimum atomic E-state index is -1.28. The summed E-state index contributed by atoms with van der Waals surface area (Å²) in [5.74, 6) is -0.305. The number of halogens is 1. The maximum Gasteiger partial charge on any atom is 0.161 e. The molecule has 0 N–H and O–H groups in total. The molecular formula is C17H14ClO4-. The van der Waals surface area contributed by atoms with Crippen LogP contribution in [0.3, 0.4) is 0 Å². The predicted molar refractivity (Wildman–Crippen MR) is 83.9 cm³/mol. The summed E-state index contributed by atoms with van der Waals surface area (Å²) in [4.78, 5) is 11.4. The molecule has 4 nitrogen and oxygen atoms in total. The molecule has 0 aromatic heterocycles. The number of methoxy groups -OCH3 is 2. The molecule has 0 aliphatic rings. The first-order valence-corrected chi connectivity index (χ1v) is 6.84. The molecule has 2 rings (SSSR count). The van der Waals surface area contributed by atoms with Crippen LogP contribution in [-0.2, 0) is 4.79 Å². The number of hydrogen-bond acceptors (Lipinski definition) is 4. The van der Waals surface area contributed by atoms with Gasteiger partial charge in [0, 0.05) is 10.6 Å². The van der Waals surface area contributed by atoms with Crippen molar-refractivity contribution >= 4 is 29.2 Å². The fourth-order valence-electron chi connectivity index (χ4n) is 1.99. The number of carbonyl (C=O) groups excluding carboxylic acids is 1. The van der Waals surface area contributed by atoms with Crippen LogP contribution in [0.5, 0.6) is 11.5 Å². The molecule has 0 saturated heterocycles. The lowest BCUT2D eigenvalue weighted by Crippen LogP contribution is -2.23. The number of carboxylic acids is 1. The fraction of sp³-hybridized carbons (Fsp3) is 0.118. The van der Waals surface area contributed by atoms with Gasteiger partial charge >= 0.3 is 0 Å². The molecule has 22 heavy (non-hydrogen) atoms. The minimum Gasteiger partial charge on any atom is -0.545 e. The van der Waals surface area contributed by atoms with Gasteiger partial charge in [-0.25, -0.2) is 0 Å². The van der Waals surface area contributed by atoms with Crippen LogP contribution in [0.2, 0.25) is 5.02 Å². The van der Waals surface area contributed by atoms with Crippen molar-refractivity contribution in [2.75, 3.05) is 14.2 Å². The lowest BCUT2D eigenvalue weighted by atomic mass is 10.0. The van der Waals surface area contributed by atoms with E-state index in [1.54, 1.807) is 42.5 Å². The SMILES string of the molecule is COc1ccc(/C(=C\c2ccc(Cl)cc2)C(=O)[O-])cc1OC. The van der Waals surface area contributed by atoms with E-state index in [1.165, 1.54) is 20.3 Å². The summed E-state index contributed by atoms with van der Waals surface area (Å²) in [6.45, 7) is 0. The lowest BCUT2D eigenvalue weighted by Gasteiger charge is -2.13. The highest BCUT2D eigenvalue weighted by molar-refractivity contribution is 6.30. The van der Waals surface area contributed by atoms with Crippen molar-refractivity contribution in [3.8, 4) is 11.5 Å². The molecule has 0 spiro atoms. The predicted octanol–water partition coefficient (Wildman–Crippen LogP) is 2.65. The average molecular weight is 318 g/mol. The van der Waals surface area contributed by atoms with Gasteiger partial charge in [0.1, 0.15) is 0 Å². The third-order valence-electron chi connectivity index (χ3n) is 3.10. The van der Waals surface area contributed by atoms with E-state index < -0.39 is 5.97 Å². The second-order valence-corrected chi connectivity index (χ2v) is 4.90. The first-order valence-electron chi connectivity index (χ1n) is 6.46. The summed E-state index contributed by atoms with van der Waals surface area (Å²) in [6, 6.07) is 11.7. The van der Waals surface area contributed by atoms with Crippen LogP contribution in [0.25, 0.3) is 11.6 Å². The normalized spacial score (nSPS) is 11.1. The average Bonchev–Trinajstić information content (AvgIpc) is 2.53. The van der Waals surface area contributed by atoms with Gasteiger partial charge < -0.3 is 19.4 Å². The number of ether oxygens (including phenoxy) is 2. The quantitative estimate of drug-likeness (QED) is 0.628. The monoisotopic (exact) mass is 317 g/mol. The largest absolute Gasteiger partial charge is 0.545 e. The Morgan fingerprint density at radius 1 is 1.05 bits per heavy atom. The molecule has 0 aliphatic carbocycles. The zero-order valence-electron chi connectivity index (χ0n) is 12.1. The van der Waals surface area contributed by atoms with E-state index in [0.29, 0.717) is 27.6 Å². The molecule has 2 aromatic rings. The smallest absolute Gasteiger partial charge is 0.161 e. The molecule has 2 aromatic carbocycles. The highest BCUT2D eigenvalue weighted by Crippen LogP contribution is 2.31. The van der Waals surface area contributed by atoms with E-state index in [0.717, 1.165) is 0 Å². The van der Waals surface area contributed by atoms with Gasteiger partial charge in [-0.1, -0.05) is 29.8 Å². The van der Waals surface area contributed by atoms with Gasteiger partial charge in [0.15, 0.2) is 11.5 Å². The van der Waals surface area contributed by atoms with Crippen LogP contribution in [-0.4, -0.2) is 20.2 Å². The van der Waals surface area contributed by atoms with E-state index in [2.05, 4.69) is 0 Å². The van der Waals surface area contributed by atoms with E-state index >= 15 is 0 Å². The highest BCUT2D eigenvalue weighted by Gasteiger charge is 2.09. The highest BCUT2D eigenvalue weighted by atomic mass is 35.5. The zero-order valence-corrected chi connectivity index (χ0v) is 12.9. The molecule has 0 heterocycles. The summed E-state index contributed by atoms with van der Waals surface area (Å²) in [7, 11) is 3.00. The third-order valence-corrected chi connectivity index (χ3v) is 3.35. The van der Waals surface area contributed by atoms with Gasteiger partial charge in [-0.3, -0.25) is 0 Å². The van der Waals surface area contributed by atoms with E-state index in [1.807, 2.05) is 0 Å². The number of hydrogen-bond donors (Lipinski definition) is 0. The van der Waals surface area contributed by atoms with Gasteiger partial charge in [-0.2, -0.15) is 0 Å². The Bertz CT molecular complexity index is 705. The standard InChI is InChI=1S/C17H15ClO4/c1-21-15-8-5-12(10-16(15)22-2)14(17(19)20)9-11-3-6-13(18)7-4-11/h3-10H,1-2H3,(H,19,20)/p-1/b14-9+. The van der Waals surface area contributed by atoms with Crippen LogP contribution in [0.15, 0.2) is 42.5 Å². The van der Waals surface area contributed by atoms with E-state index in [4.69, 9.17) is 21.1 Å². The third kappa shape index (κ3) is 3.59. The summed E-state index contributed by atoms with van der Waals surface area (Å²) < 4.78 is 10.3. The van der Waals surface area contributed by atoms with Crippen LogP contribution in [0.1, 0.15) is 11.1 Å². The van der Waals surface area contributed by atoms with Gasteiger partial charge in [0.05, 0.1) is 20.2 Å². The Kier molecular flexibility index (Phi) is 5.07. The number of carbonyl (C=O) groups is 1. The molecule has 0 amide bonds.